The summed E-state index contributed by atoms with van der Waals surface area (Å²) < 4.78 is 0. The van der Waals surface area contributed by atoms with Gasteiger partial charge in [0.25, 0.3) is 0 Å². The number of aliphatic imine (C=N–C) groups is 1. The van der Waals surface area contributed by atoms with Crippen molar-refractivity contribution in [2.45, 2.75) is 13.8 Å². The van der Waals surface area contributed by atoms with Gasteiger partial charge in [0.2, 0.25) is 0 Å². The minimum atomic E-state index is 0.779. The molecule has 0 atom stereocenters. The summed E-state index contributed by atoms with van der Waals surface area (Å²) in [6.07, 6.45) is 0. The highest BCUT2D eigenvalue weighted by Gasteiger charge is 1.99. The highest BCUT2D eigenvalue weighted by Crippen LogP contribution is 2.05. The van der Waals surface area contributed by atoms with E-state index in [-0.39, 0.29) is 0 Å². The topological polar surface area (TPSA) is 50.4 Å². The Labute approximate surface area is 85.0 Å². The molecule has 0 saturated carbocycles. The first-order chi connectivity index (χ1) is 6.77. The van der Waals surface area contributed by atoms with E-state index in [4.69, 9.17) is 5.73 Å². The molecule has 3 heteroatoms. The Bertz CT molecular complexity index is 301. The van der Waals surface area contributed by atoms with E-state index in [9.17, 15) is 0 Å². The number of hydrogen-bond acceptors (Lipinski definition) is 2. The van der Waals surface area contributed by atoms with Crippen LogP contribution in [0.3, 0.4) is 0 Å². The van der Waals surface area contributed by atoms with Crippen molar-refractivity contribution in [1.29, 1.82) is 0 Å². The zero-order valence-electron chi connectivity index (χ0n) is 8.75. The second-order valence-electron chi connectivity index (χ2n) is 2.98. The average Bonchev–Trinajstić information content (AvgIpc) is 2.19. The Kier molecular flexibility index (Phi) is 3.98. The van der Waals surface area contributed by atoms with E-state index in [0.29, 0.717) is 0 Å². The summed E-state index contributed by atoms with van der Waals surface area (Å²) in [5.41, 5.74) is 7.48. The normalized spacial score (nSPS) is 11.4. The summed E-state index contributed by atoms with van der Waals surface area (Å²) >= 11 is 0. The summed E-state index contributed by atoms with van der Waals surface area (Å²) in [5.74, 6) is 0.940. The predicted molar refractivity (Wildman–Crippen MR) is 61.6 cm³/mol. The van der Waals surface area contributed by atoms with Crippen LogP contribution in [0.25, 0.3) is 0 Å². The van der Waals surface area contributed by atoms with Crippen molar-refractivity contribution in [2.24, 2.45) is 4.99 Å². The van der Waals surface area contributed by atoms with E-state index >= 15 is 0 Å². The quantitative estimate of drug-likeness (QED) is 0.433. The van der Waals surface area contributed by atoms with Gasteiger partial charge in [0.1, 0.15) is 5.84 Å². The number of benzene rings is 1. The maximum absolute atomic E-state index is 5.61. The maximum atomic E-state index is 5.61. The lowest BCUT2D eigenvalue weighted by atomic mass is 10.2. The van der Waals surface area contributed by atoms with Crippen LogP contribution in [-0.4, -0.2) is 18.9 Å². The molecule has 76 valence electrons. The minimum Gasteiger partial charge on any atom is -0.399 e. The molecule has 1 rings (SSSR count). The first-order valence-corrected chi connectivity index (χ1v) is 4.92. The molecule has 0 heterocycles. The van der Waals surface area contributed by atoms with E-state index in [1.54, 1.807) is 0 Å². The first kappa shape index (κ1) is 10.6. The fourth-order valence-corrected chi connectivity index (χ4v) is 1.22. The zero-order chi connectivity index (χ0) is 10.4. The van der Waals surface area contributed by atoms with Crippen LogP contribution in [0.5, 0.6) is 0 Å². The third-order valence-electron chi connectivity index (χ3n) is 1.84. The summed E-state index contributed by atoms with van der Waals surface area (Å²) in [4.78, 5) is 4.38. The van der Waals surface area contributed by atoms with Crippen molar-refractivity contribution in [3.8, 4) is 0 Å². The Morgan fingerprint density at radius 1 is 1.29 bits per heavy atom. The van der Waals surface area contributed by atoms with Gasteiger partial charge >= 0.3 is 0 Å². The highest BCUT2D eigenvalue weighted by atomic mass is 15.0. The number of rotatable bonds is 3. The molecule has 3 N–H and O–H groups in total. The van der Waals surface area contributed by atoms with Gasteiger partial charge in [0.05, 0.1) is 0 Å². The average molecular weight is 191 g/mol. The Morgan fingerprint density at radius 3 is 2.43 bits per heavy atom. The van der Waals surface area contributed by atoms with Gasteiger partial charge in [-0.1, -0.05) is 0 Å². The van der Waals surface area contributed by atoms with Crippen LogP contribution in [0.4, 0.5) is 5.69 Å². The lowest BCUT2D eigenvalue weighted by Crippen LogP contribution is -2.24. The molecule has 3 nitrogen and oxygen atoms in total. The molecule has 0 aliphatic heterocycles. The van der Waals surface area contributed by atoms with E-state index in [2.05, 4.69) is 17.2 Å². The van der Waals surface area contributed by atoms with Crippen LogP contribution in [0, 0.1) is 0 Å². The van der Waals surface area contributed by atoms with Gasteiger partial charge in [-0.2, -0.15) is 0 Å². The molecule has 0 aromatic heterocycles. The third-order valence-corrected chi connectivity index (χ3v) is 1.84. The molecular formula is C11H17N3. The van der Waals surface area contributed by atoms with Gasteiger partial charge in [-0.15, -0.1) is 0 Å². The number of anilines is 1. The molecule has 14 heavy (non-hydrogen) atoms. The smallest absolute Gasteiger partial charge is 0.128 e. The monoisotopic (exact) mass is 191 g/mol. The molecule has 0 aliphatic carbocycles. The Hall–Kier alpha value is -1.51. The summed E-state index contributed by atoms with van der Waals surface area (Å²) in [6, 6.07) is 7.73. The standard InChI is InChI=1S/C11H17N3/c1-3-13-11(14-4-2)9-5-7-10(12)8-6-9/h5-8H,3-4,12H2,1-2H3,(H,13,14). The van der Waals surface area contributed by atoms with Crippen LogP contribution in [-0.2, 0) is 0 Å². The number of hydrogen-bond donors (Lipinski definition) is 2. The van der Waals surface area contributed by atoms with E-state index < -0.39 is 0 Å². The van der Waals surface area contributed by atoms with Gasteiger partial charge in [-0.25, -0.2) is 0 Å². The van der Waals surface area contributed by atoms with Crippen molar-refractivity contribution in [2.75, 3.05) is 18.8 Å². The minimum absolute atomic E-state index is 0.779. The summed E-state index contributed by atoms with van der Waals surface area (Å²) in [6.45, 7) is 5.74. The number of nitrogens with two attached hydrogens (primary N) is 1. The van der Waals surface area contributed by atoms with E-state index in [1.807, 2.05) is 31.2 Å². The van der Waals surface area contributed by atoms with Crippen LogP contribution < -0.4 is 11.1 Å². The van der Waals surface area contributed by atoms with Gasteiger partial charge in [0.15, 0.2) is 0 Å². The van der Waals surface area contributed by atoms with E-state index in [1.165, 1.54) is 0 Å². The second kappa shape index (κ2) is 5.27. The third kappa shape index (κ3) is 2.76. The zero-order valence-corrected chi connectivity index (χ0v) is 8.75. The molecule has 0 spiro atoms. The molecule has 0 amide bonds. The lowest BCUT2D eigenvalue weighted by Gasteiger charge is -2.07. The summed E-state index contributed by atoms with van der Waals surface area (Å²) in [5, 5.41) is 3.23. The fraction of sp³-hybridized carbons (Fsp3) is 0.364. The van der Waals surface area contributed by atoms with Gasteiger partial charge in [-0.3, -0.25) is 4.99 Å². The first-order valence-electron chi connectivity index (χ1n) is 4.92. The molecule has 0 fully saturated rings. The molecule has 0 saturated heterocycles. The van der Waals surface area contributed by atoms with Crippen LogP contribution in [0.15, 0.2) is 29.3 Å². The highest BCUT2D eigenvalue weighted by molar-refractivity contribution is 5.98. The second-order valence-corrected chi connectivity index (χ2v) is 2.98. The number of nitrogen functional groups attached to an aromatic ring is 1. The van der Waals surface area contributed by atoms with E-state index in [0.717, 1.165) is 30.2 Å². The van der Waals surface area contributed by atoms with Crippen molar-refractivity contribution in [1.82, 2.24) is 5.32 Å². The number of amidine groups is 1. The fourth-order valence-electron chi connectivity index (χ4n) is 1.22. The molecule has 1 aromatic rings. The van der Waals surface area contributed by atoms with Crippen LogP contribution >= 0.6 is 0 Å². The van der Waals surface area contributed by atoms with Crippen LogP contribution in [0.2, 0.25) is 0 Å². The van der Waals surface area contributed by atoms with Gasteiger partial charge in [-0.05, 0) is 38.1 Å². The Balaban J connectivity index is 2.88. The molecule has 0 unspecified atom stereocenters. The van der Waals surface area contributed by atoms with Crippen molar-refractivity contribution in [3.05, 3.63) is 29.8 Å². The van der Waals surface area contributed by atoms with Crippen molar-refractivity contribution >= 4 is 11.5 Å². The maximum Gasteiger partial charge on any atom is 0.128 e. The largest absolute Gasteiger partial charge is 0.399 e. The molecule has 0 radical (unpaired) electrons. The molecular weight excluding hydrogens is 174 g/mol. The molecule has 0 aliphatic rings. The van der Waals surface area contributed by atoms with Crippen molar-refractivity contribution in [3.63, 3.8) is 0 Å². The number of nitrogens with zero attached hydrogens (tertiary/aromatic N) is 1. The van der Waals surface area contributed by atoms with Gasteiger partial charge < -0.3 is 11.1 Å². The SMILES string of the molecule is CCN=C(NCC)c1ccc(N)cc1. The molecule has 0 bridgehead atoms. The number of nitrogens with one attached hydrogen (secondary N) is 1. The summed E-state index contributed by atoms with van der Waals surface area (Å²) in [7, 11) is 0. The van der Waals surface area contributed by atoms with Crippen LogP contribution in [0.1, 0.15) is 19.4 Å². The predicted octanol–water partition coefficient (Wildman–Crippen LogP) is 1.64. The van der Waals surface area contributed by atoms with Crippen molar-refractivity contribution < 1.29 is 0 Å². The van der Waals surface area contributed by atoms with Gasteiger partial charge in [0, 0.05) is 24.3 Å². The lowest BCUT2D eigenvalue weighted by molar-refractivity contribution is 0.948. The molecule has 1 aromatic carbocycles. The Morgan fingerprint density at radius 2 is 1.93 bits per heavy atom.